The maximum absolute atomic E-state index is 12.5. The number of fused-ring (bicyclic) bond motifs is 1. The second-order valence-corrected chi connectivity index (χ2v) is 6.46. The van der Waals surface area contributed by atoms with Crippen LogP contribution in [0, 0.1) is 0 Å². The van der Waals surface area contributed by atoms with Crippen LogP contribution in [0.5, 0.6) is 5.75 Å². The summed E-state index contributed by atoms with van der Waals surface area (Å²) in [5, 5.41) is 5.70. The number of hydrogen-bond donors (Lipinski definition) is 2. The Morgan fingerprint density at radius 2 is 1.89 bits per heavy atom. The molecule has 6 nitrogen and oxygen atoms in total. The van der Waals surface area contributed by atoms with Crippen LogP contribution < -0.4 is 15.4 Å². The van der Waals surface area contributed by atoms with E-state index < -0.39 is 0 Å². The van der Waals surface area contributed by atoms with Gasteiger partial charge >= 0.3 is 0 Å². The van der Waals surface area contributed by atoms with E-state index in [4.69, 9.17) is 4.74 Å². The Bertz CT molecular complexity index is 831. The lowest BCUT2D eigenvalue weighted by molar-refractivity contribution is -0.118. The van der Waals surface area contributed by atoms with Crippen molar-refractivity contribution in [3.8, 4) is 5.75 Å². The van der Waals surface area contributed by atoms with Crippen molar-refractivity contribution in [2.45, 2.75) is 26.9 Å². The average molecular weight is 367 g/mol. The Labute approximate surface area is 159 Å². The summed E-state index contributed by atoms with van der Waals surface area (Å²) in [5.41, 5.74) is 3.43. The molecule has 0 atom stereocenters. The zero-order valence-electron chi connectivity index (χ0n) is 15.7. The number of benzene rings is 2. The first-order chi connectivity index (χ1) is 13.1. The van der Waals surface area contributed by atoms with Gasteiger partial charge in [0.1, 0.15) is 5.75 Å². The molecule has 0 radical (unpaired) electrons. The summed E-state index contributed by atoms with van der Waals surface area (Å²) in [5.74, 6) is 0.157. The van der Waals surface area contributed by atoms with Crippen LogP contribution >= 0.6 is 0 Å². The van der Waals surface area contributed by atoms with Gasteiger partial charge in [-0.2, -0.15) is 0 Å². The Morgan fingerprint density at radius 3 is 2.63 bits per heavy atom. The van der Waals surface area contributed by atoms with Gasteiger partial charge in [0.15, 0.2) is 6.61 Å². The maximum atomic E-state index is 12.5. The van der Waals surface area contributed by atoms with Gasteiger partial charge in [0.2, 0.25) is 0 Å². The minimum absolute atomic E-state index is 0.0309. The summed E-state index contributed by atoms with van der Waals surface area (Å²) >= 11 is 0. The van der Waals surface area contributed by atoms with E-state index >= 15 is 0 Å². The quantitative estimate of drug-likeness (QED) is 0.789. The lowest BCUT2D eigenvalue weighted by atomic mass is 10.1. The molecule has 27 heavy (non-hydrogen) atoms. The number of nitrogens with one attached hydrogen (secondary N) is 2. The SMILES string of the molecule is CCN(CC)Cc1ccccc1CNC(=O)c1ccc2c(c1)OCC(=O)N2. The van der Waals surface area contributed by atoms with Crippen molar-refractivity contribution in [1.29, 1.82) is 0 Å². The molecule has 0 aliphatic carbocycles. The molecule has 2 N–H and O–H groups in total. The Hall–Kier alpha value is -2.86. The van der Waals surface area contributed by atoms with Crippen molar-refractivity contribution in [1.82, 2.24) is 10.2 Å². The van der Waals surface area contributed by atoms with Crippen molar-refractivity contribution in [3.63, 3.8) is 0 Å². The lowest BCUT2D eigenvalue weighted by Gasteiger charge is -2.20. The Morgan fingerprint density at radius 1 is 1.15 bits per heavy atom. The largest absolute Gasteiger partial charge is 0.482 e. The molecule has 2 aromatic carbocycles. The van der Waals surface area contributed by atoms with Crippen molar-refractivity contribution in [2.75, 3.05) is 25.0 Å². The third-order valence-electron chi connectivity index (χ3n) is 4.72. The van der Waals surface area contributed by atoms with Crippen molar-refractivity contribution >= 4 is 17.5 Å². The van der Waals surface area contributed by atoms with Gasteiger partial charge in [-0.1, -0.05) is 38.1 Å². The molecular formula is C21H25N3O3. The first-order valence-electron chi connectivity index (χ1n) is 9.24. The minimum Gasteiger partial charge on any atom is -0.482 e. The number of carbonyl (C=O) groups excluding carboxylic acids is 2. The van der Waals surface area contributed by atoms with Gasteiger partial charge in [-0.05, 0) is 42.4 Å². The van der Waals surface area contributed by atoms with Crippen LogP contribution in [0.25, 0.3) is 0 Å². The highest BCUT2D eigenvalue weighted by atomic mass is 16.5. The number of ether oxygens (including phenoxy) is 1. The molecular weight excluding hydrogens is 342 g/mol. The predicted octanol–water partition coefficient (Wildman–Crippen LogP) is 2.79. The van der Waals surface area contributed by atoms with Crippen LogP contribution in [0.2, 0.25) is 0 Å². The van der Waals surface area contributed by atoms with E-state index in [0.29, 0.717) is 23.5 Å². The monoisotopic (exact) mass is 367 g/mol. The van der Waals surface area contributed by atoms with E-state index in [-0.39, 0.29) is 18.4 Å². The molecule has 0 unspecified atom stereocenters. The van der Waals surface area contributed by atoms with Gasteiger partial charge in [-0.3, -0.25) is 14.5 Å². The first-order valence-corrected chi connectivity index (χ1v) is 9.24. The normalized spacial score (nSPS) is 12.9. The van der Waals surface area contributed by atoms with Crippen molar-refractivity contribution in [3.05, 3.63) is 59.2 Å². The second kappa shape index (κ2) is 8.68. The second-order valence-electron chi connectivity index (χ2n) is 6.46. The molecule has 0 bridgehead atoms. The fourth-order valence-electron chi connectivity index (χ4n) is 3.07. The van der Waals surface area contributed by atoms with Crippen LogP contribution in [0.3, 0.4) is 0 Å². The molecule has 0 saturated carbocycles. The van der Waals surface area contributed by atoms with Gasteiger partial charge in [0, 0.05) is 18.7 Å². The molecule has 1 aliphatic heterocycles. The van der Waals surface area contributed by atoms with E-state index in [2.05, 4.69) is 35.4 Å². The zero-order valence-corrected chi connectivity index (χ0v) is 15.7. The molecule has 2 aromatic rings. The van der Waals surface area contributed by atoms with Crippen molar-refractivity contribution < 1.29 is 14.3 Å². The fraction of sp³-hybridized carbons (Fsp3) is 0.333. The topological polar surface area (TPSA) is 70.7 Å². The van der Waals surface area contributed by atoms with E-state index in [1.165, 1.54) is 5.56 Å². The number of hydrogen-bond acceptors (Lipinski definition) is 4. The lowest BCUT2D eigenvalue weighted by Crippen LogP contribution is -2.27. The highest BCUT2D eigenvalue weighted by molar-refractivity contribution is 5.98. The van der Waals surface area contributed by atoms with Crippen molar-refractivity contribution in [2.24, 2.45) is 0 Å². The molecule has 2 amide bonds. The third-order valence-corrected chi connectivity index (χ3v) is 4.72. The molecule has 0 aromatic heterocycles. The van der Waals surface area contributed by atoms with Crippen LogP contribution in [-0.4, -0.2) is 36.4 Å². The van der Waals surface area contributed by atoms with Crippen LogP contribution in [0.1, 0.15) is 35.3 Å². The van der Waals surface area contributed by atoms with Crippen LogP contribution in [0.4, 0.5) is 5.69 Å². The van der Waals surface area contributed by atoms with E-state index in [9.17, 15) is 9.59 Å². The van der Waals surface area contributed by atoms with Crippen LogP contribution in [-0.2, 0) is 17.9 Å². The summed E-state index contributed by atoms with van der Waals surface area (Å²) in [7, 11) is 0. The summed E-state index contributed by atoms with van der Waals surface area (Å²) in [4.78, 5) is 26.2. The molecule has 1 aliphatic rings. The molecule has 1 heterocycles. The number of nitrogens with zero attached hydrogens (tertiary/aromatic N) is 1. The van der Waals surface area contributed by atoms with Crippen LogP contribution in [0.15, 0.2) is 42.5 Å². The molecule has 3 rings (SSSR count). The minimum atomic E-state index is -0.190. The van der Waals surface area contributed by atoms with Gasteiger partial charge in [-0.25, -0.2) is 0 Å². The number of rotatable bonds is 7. The molecule has 6 heteroatoms. The summed E-state index contributed by atoms with van der Waals surface area (Å²) in [6.07, 6.45) is 0. The molecule has 0 saturated heterocycles. The van der Waals surface area contributed by atoms with Gasteiger partial charge in [0.05, 0.1) is 5.69 Å². The smallest absolute Gasteiger partial charge is 0.262 e. The molecule has 0 fully saturated rings. The van der Waals surface area contributed by atoms with Gasteiger partial charge in [0.25, 0.3) is 11.8 Å². The average Bonchev–Trinajstić information content (AvgIpc) is 2.70. The van der Waals surface area contributed by atoms with Gasteiger partial charge < -0.3 is 15.4 Å². The predicted molar refractivity (Wildman–Crippen MR) is 105 cm³/mol. The fourth-order valence-corrected chi connectivity index (χ4v) is 3.07. The summed E-state index contributed by atoms with van der Waals surface area (Å²) in [6.45, 7) is 7.57. The molecule has 0 spiro atoms. The van der Waals surface area contributed by atoms with E-state index in [1.807, 2.05) is 18.2 Å². The Kier molecular flexibility index (Phi) is 6.08. The molecule has 142 valence electrons. The number of anilines is 1. The number of amides is 2. The Balaban J connectivity index is 1.67. The highest BCUT2D eigenvalue weighted by Gasteiger charge is 2.18. The summed E-state index contributed by atoms with van der Waals surface area (Å²) < 4.78 is 5.38. The number of carbonyl (C=O) groups is 2. The third kappa shape index (κ3) is 4.65. The van der Waals surface area contributed by atoms with E-state index in [1.54, 1.807) is 18.2 Å². The first kappa shape index (κ1) is 18.9. The van der Waals surface area contributed by atoms with Gasteiger partial charge in [-0.15, -0.1) is 0 Å². The highest BCUT2D eigenvalue weighted by Crippen LogP contribution is 2.28. The van der Waals surface area contributed by atoms with E-state index in [0.717, 1.165) is 25.2 Å². The zero-order chi connectivity index (χ0) is 19.2. The standard InChI is InChI=1S/C21H25N3O3/c1-3-24(4-2)13-17-8-6-5-7-16(17)12-22-21(26)15-9-10-18-19(11-15)27-14-20(25)23-18/h5-11H,3-4,12-14H2,1-2H3,(H,22,26)(H,23,25). The maximum Gasteiger partial charge on any atom is 0.262 e. The summed E-state index contributed by atoms with van der Waals surface area (Å²) in [6, 6.07) is 13.2.